The summed E-state index contributed by atoms with van der Waals surface area (Å²) in [6, 6.07) is 12.5. The number of carbonyl (C=O) groups is 2. The minimum absolute atomic E-state index is 0.133. The molecule has 150 valence electrons. The molecule has 0 saturated carbocycles. The minimum Gasteiger partial charge on any atom is -0.406 e. The summed E-state index contributed by atoms with van der Waals surface area (Å²) in [6.45, 7) is 3.68. The number of carbonyl (C=O) groups excluding carboxylic acids is 2. The second-order valence-corrected chi connectivity index (χ2v) is 6.27. The van der Waals surface area contributed by atoms with E-state index in [-0.39, 0.29) is 11.6 Å². The summed E-state index contributed by atoms with van der Waals surface area (Å²) in [6.07, 6.45) is -4.21. The highest BCUT2D eigenvalue weighted by molar-refractivity contribution is 6.01. The van der Waals surface area contributed by atoms with Crippen LogP contribution in [0.3, 0.4) is 0 Å². The number of hydrogen-bond acceptors (Lipinski definition) is 3. The van der Waals surface area contributed by atoms with Crippen LogP contribution in [-0.2, 0) is 4.79 Å². The predicted octanol–water partition coefficient (Wildman–Crippen LogP) is 4.37. The maximum absolute atomic E-state index is 12.7. The van der Waals surface area contributed by atoms with Gasteiger partial charge in [0.25, 0.3) is 5.91 Å². The van der Waals surface area contributed by atoms with Gasteiger partial charge < -0.3 is 15.4 Å². The average Bonchev–Trinajstić information content (AvgIpc) is 2.64. The van der Waals surface area contributed by atoms with Gasteiger partial charge in [0.1, 0.15) is 11.8 Å². The lowest BCUT2D eigenvalue weighted by Gasteiger charge is -2.23. The van der Waals surface area contributed by atoms with Crippen LogP contribution in [0.15, 0.2) is 54.6 Å². The lowest BCUT2D eigenvalue weighted by atomic mass is 9.97. The summed E-state index contributed by atoms with van der Waals surface area (Å²) < 4.78 is 40.9. The van der Waals surface area contributed by atoms with Gasteiger partial charge >= 0.3 is 6.36 Å². The Balaban J connectivity index is 2.13. The number of anilines is 1. The van der Waals surface area contributed by atoms with Gasteiger partial charge in [0.05, 0.1) is 0 Å². The molecule has 0 aromatic heterocycles. The molecule has 28 heavy (non-hydrogen) atoms. The van der Waals surface area contributed by atoms with Crippen molar-refractivity contribution >= 4 is 17.5 Å². The number of benzene rings is 2. The maximum atomic E-state index is 12.7. The SMILES string of the molecule is CCC(C)C(NC(=O)c1ccccc1)C(=O)Nc1cccc(OC(F)(F)F)c1. The quantitative estimate of drug-likeness (QED) is 0.733. The van der Waals surface area contributed by atoms with Gasteiger partial charge in [0.15, 0.2) is 0 Å². The highest BCUT2D eigenvalue weighted by Crippen LogP contribution is 2.25. The molecule has 2 aromatic carbocycles. The van der Waals surface area contributed by atoms with Crippen LogP contribution in [0.5, 0.6) is 5.75 Å². The Hall–Kier alpha value is -3.03. The Labute approximate surface area is 160 Å². The van der Waals surface area contributed by atoms with E-state index < -0.39 is 30.0 Å². The van der Waals surface area contributed by atoms with E-state index >= 15 is 0 Å². The van der Waals surface area contributed by atoms with Crippen LogP contribution in [0.2, 0.25) is 0 Å². The summed E-state index contributed by atoms with van der Waals surface area (Å²) in [7, 11) is 0. The minimum atomic E-state index is -4.83. The molecule has 2 atom stereocenters. The van der Waals surface area contributed by atoms with Crippen molar-refractivity contribution in [2.45, 2.75) is 32.7 Å². The molecule has 0 radical (unpaired) electrons. The fourth-order valence-corrected chi connectivity index (χ4v) is 2.51. The molecule has 2 amide bonds. The molecule has 0 aliphatic rings. The fourth-order valence-electron chi connectivity index (χ4n) is 2.51. The Bertz CT molecular complexity index is 810. The van der Waals surface area contributed by atoms with Crippen molar-refractivity contribution in [1.29, 1.82) is 0 Å². The van der Waals surface area contributed by atoms with Gasteiger partial charge in [-0.1, -0.05) is 44.5 Å². The smallest absolute Gasteiger partial charge is 0.406 e. The van der Waals surface area contributed by atoms with Crippen LogP contribution < -0.4 is 15.4 Å². The van der Waals surface area contributed by atoms with E-state index in [1.807, 2.05) is 6.92 Å². The van der Waals surface area contributed by atoms with Gasteiger partial charge in [0.2, 0.25) is 5.91 Å². The molecule has 0 bridgehead atoms. The van der Waals surface area contributed by atoms with Gasteiger partial charge in [-0.3, -0.25) is 9.59 Å². The topological polar surface area (TPSA) is 67.4 Å². The number of alkyl halides is 3. The number of hydrogen-bond donors (Lipinski definition) is 2. The zero-order chi connectivity index (χ0) is 20.7. The largest absolute Gasteiger partial charge is 0.573 e. The molecule has 0 heterocycles. The van der Waals surface area contributed by atoms with E-state index in [1.54, 1.807) is 37.3 Å². The molecule has 5 nitrogen and oxygen atoms in total. The highest BCUT2D eigenvalue weighted by Gasteiger charge is 2.31. The van der Waals surface area contributed by atoms with Gasteiger partial charge in [-0.15, -0.1) is 13.2 Å². The van der Waals surface area contributed by atoms with E-state index in [2.05, 4.69) is 15.4 Å². The second kappa shape index (κ2) is 9.25. The first kappa shape index (κ1) is 21.3. The van der Waals surface area contributed by atoms with Crippen LogP contribution >= 0.6 is 0 Å². The second-order valence-electron chi connectivity index (χ2n) is 6.27. The van der Waals surface area contributed by atoms with Crippen LogP contribution in [0.25, 0.3) is 0 Å². The van der Waals surface area contributed by atoms with Crippen molar-refractivity contribution in [3.63, 3.8) is 0 Å². The first-order valence-corrected chi connectivity index (χ1v) is 8.72. The number of nitrogens with one attached hydrogen (secondary N) is 2. The molecular formula is C20H21F3N2O3. The normalized spacial score (nSPS) is 13.3. The monoisotopic (exact) mass is 394 g/mol. The van der Waals surface area contributed by atoms with Crippen LogP contribution in [0, 0.1) is 5.92 Å². The van der Waals surface area contributed by atoms with Crippen molar-refractivity contribution < 1.29 is 27.5 Å². The zero-order valence-electron chi connectivity index (χ0n) is 15.4. The Kier molecular flexibility index (Phi) is 7.03. The Morgan fingerprint density at radius 2 is 1.75 bits per heavy atom. The van der Waals surface area contributed by atoms with Crippen molar-refractivity contribution in [2.75, 3.05) is 5.32 Å². The standard InChI is InChI=1S/C20H21F3N2O3/c1-3-13(2)17(25-18(26)14-8-5-4-6-9-14)19(27)24-15-10-7-11-16(12-15)28-20(21,22)23/h4-13,17H,3H2,1-2H3,(H,24,27)(H,25,26). The van der Waals surface area contributed by atoms with E-state index in [9.17, 15) is 22.8 Å². The summed E-state index contributed by atoms with van der Waals surface area (Å²) in [4.78, 5) is 25.1. The molecule has 0 saturated heterocycles. The lowest BCUT2D eigenvalue weighted by molar-refractivity contribution is -0.274. The predicted molar refractivity (Wildman–Crippen MR) is 98.9 cm³/mol. The van der Waals surface area contributed by atoms with E-state index in [4.69, 9.17) is 0 Å². The highest BCUT2D eigenvalue weighted by atomic mass is 19.4. The molecule has 8 heteroatoms. The van der Waals surface area contributed by atoms with Gasteiger partial charge in [-0.2, -0.15) is 0 Å². The number of halogens is 3. The lowest BCUT2D eigenvalue weighted by Crippen LogP contribution is -2.47. The van der Waals surface area contributed by atoms with E-state index in [1.165, 1.54) is 12.1 Å². The third kappa shape index (κ3) is 6.29. The first-order valence-electron chi connectivity index (χ1n) is 8.72. The molecule has 0 aliphatic heterocycles. The third-order valence-electron chi connectivity index (χ3n) is 4.15. The molecule has 0 aliphatic carbocycles. The summed E-state index contributed by atoms with van der Waals surface area (Å²) >= 11 is 0. The van der Waals surface area contributed by atoms with Crippen LogP contribution in [-0.4, -0.2) is 24.2 Å². The van der Waals surface area contributed by atoms with Crippen molar-refractivity contribution in [2.24, 2.45) is 5.92 Å². The van der Waals surface area contributed by atoms with E-state index in [0.29, 0.717) is 12.0 Å². The van der Waals surface area contributed by atoms with Crippen LogP contribution in [0.1, 0.15) is 30.6 Å². The first-order chi connectivity index (χ1) is 13.2. The average molecular weight is 394 g/mol. The molecule has 2 aromatic rings. The van der Waals surface area contributed by atoms with Gasteiger partial charge in [-0.25, -0.2) is 0 Å². The number of ether oxygens (including phenoxy) is 1. The third-order valence-corrected chi connectivity index (χ3v) is 4.15. The van der Waals surface area contributed by atoms with Crippen molar-refractivity contribution in [3.05, 3.63) is 60.2 Å². The number of rotatable bonds is 7. The van der Waals surface area contributed by atoms with Gasteiger partial charge in [-0.05, 0) is 30.2 Å². The van der Waals surface area contributed by atoms with E-state index in [0.717, 1.165) is 12.1 Å². The van der Waals surface area contributed by atoms with Crippen molar-refractivity contribution in [1.82, 2.24) is 5.32 Å². The van der Waals surface area contributed by atoms with Crippen molar-refractivity contribution in [3.8, 4) is 5.75 Å². The molecule has 2 rings (SSSR count). The molecule has 0 spiro atoms. The molecule has 2 N–H and O–H groups in total. The molecule has 0 fully saturated rings. The summed E-state index contributed by atoms with van der Waals surface area (Å²) in [5.74, 6) is -1.57. The fraction of sp³-hybridized carbons (Fsp3) is 0.300. The molecular weight excluding hydrogens is 373 g/mol. The Morgan fingerprint density at radius 3 is 2.36 bits per heavy atom. The summed E-state index contributed by atoms with van der Waals surface area (Å²) in [5.41, 5.74) is 0.540. The zero-order valence-corrected chi connectivity index (χ0v) is 15.4. The summed E-state index contributed by atoms with van der Waals surface area (Å²) in [5, 5.41) is 5.23. The van der Waals surface area contributed by atoms with Crippen LogP contribution in [0.4, 0.5) is 18.9 Å². The Morgan fingerprint density at radius 1 is 1.07 bits per heavy atom. The molecule has 2 unspecified atom stereocenters. The van der Waals surface area contributed by atoms with Gasteiger partial charge in [0, 0.05) is 17.3 Å². The number of amides is 2. The maximum Gasteiger partial charge on any atom is 0.573 e.